The van der Waals surface area contributed by atoms with E-state index in [1.807, 2.05) is 32.0 Å². The van der Waals surface area contributed by atoms with Gasteiger partial charge in [-0.15, -0.1) is 0 Å². The molecule has 0 spiro atoms. The zero-order chi connectivity index (χ0) is 12.3. The van der Waals surface area contributed by atoms with E-state index in [1.54, 1.807) is 0 Å². The van der Waals surface area contributed by atoms with Gasteiger partial charge >= 0.3 is 5.97 Å². The van der Waals surface area contributed by atoms with Crippen LogP contribution in [0.4, 0.5) is 0 Å². The lowest BCUT2D eigenvalue weighted by atomic mass is 9.94. The van der Waals surface area contributed by atoms with E-state index in [0.29, 0.717) is 12.5 Å². The van der Waals surface area contributed by atoms with Crippen molar-refractivity contribution in [3.8, 4) is 0 Å². The maximum Gasteiger partial charge on any atom is 0.327 e. The van der Waals surface area contributed by atoms with E-state index in [9.17, 15) is 4.79 Å². The molecule has 2 rings (SSSR count). The standard InChI is InChI=1S/C14H19NO2/c1-10(2)9-17-14(16)13-12-6-4-3-5-11(12)7-8-15-13/h3-6,10,13,15H,7-9H2,1-2H3. The van der Waals surface area contributed by atoms with Gasteiger partial charge in [0.15, 0.2) is 0 Å². The van der Waals surface area contributed by atoms with E-state index < -0.39 is 0 Å². The van der Waals surface area contributed by atoms with Crippen LogP contribution in [0, 0.1) is 5.92 Å². The first-order valence-electron chi connectivity index (χ1n) is 6.16. The quantitative estimate of drug-likeness (QED) is 0.812. The molecule has 1 aromatic carbocycles. The van der Waals surface area contributed by atoms with Crippen LogP contribution in [0.25, 0.3) is 0 Å². The van der Waals surface area contributed by atoms with Crippen LogP contribution < -0.4 is 5.32 Å². The fourth-order valence-corrected chi connectivity index (χ4v) is 2.05. The lowest BCUT2D eigenvalue weighted by Crippen LogP contribution is -2.36. The largest absolute Gasteiger partial charge is 0.464 e. The predicted molar refractivity (Wildman–Crippen MR) is 66.7 cm³/mol. The third kappa shape index (κ3) is 2.86. The first-order valence-corrected chi connectivity index (χ1v) is 6.16. The number of carbonyl (C=O) groups is 1. The van der Waals surface area contributed by atoms with Crippen LogP contribution in [-0.2, 0) is 16.0 Å². The second-order valence-electron chi connectivity index (χ2n) is 4.86. The molecular formula is C14H19NO2. The van der Waals surface area contributed by atoms with Gasteiger partial charge in [-0.1, -0.05) is 38.1 Å². The van der Waals surface area contributed by atoms with Crippen molar-refractivity contribution in [2.75, 3.05) is 13.2 Å². The molecule has 92 valence electrons. The monoisotopic (exact) mass is 233 g/mol. The summed E-state index contributed by atoms with van der Waals surface area (Å²) < 4.78 is 5.30. The molecule has 1 unspecified atom stereocenters. The second-order valence-corrected chi connectivity index (χ2v) is 4.86. The maximum atomic E-state index is 12.0. The summed E-state index contributed by atoms with van der Waals surface area (Å²) >= 11 is 0. The highest BCUT2D eigenvalue weighted by Crippen LogP contribution is 2.23. The minimum atomic E-state index is -0.293. The normalized spacial score (nSPS) is 18.9. The van der Waals surface area contributed by atoms with Crippen LogP contribution in [0.3, 0.4) is 0 Å². The Labute approximate surface area is 102 Å². The van der Waals surface area contributed by atoms with Crippen LogP contribution in [0.15, 0.2) is 24.3 Å². The summed E-state index contributed by atoms with van der Waals surface area (Å²) in [5, 5.41) is 3.22. The Hall–Kier alpha value is -1.35. The highest BCUT2D eigenvalue weighted by molar-refractivity contribution is 5.78. The summed E-state index contributed by atoms with van der Waals surface area (Å²) in [5.74, 6) is 0.212. The van der Waals surface area contributed by atoms with Gasteiger partial charge in [0.2, 0.25) is 0 Å². The zero-order valence-corrected chi connectivity index (χ0v) is 10.4. The summed E-state index contributed by atoms with van der Waals surface area (Å²) in [4.78, 5) is 12.0. The number of rotatable bonds is 3. The Bertz CT molecular complexity index is 401. The van der Waals surface area contributed by atoms with Gasteiger partial charge in [-0.2, -0.15) is 0 Å². The summed E-state index contributed by atoms with van der Waals surface area (Å²) in [6.45, 7) is 5.39. The minimum Gasteiger partial charge on any atom is -0.464 e. The highest BCUT2D eigenvalue weighted by Gasteiger charge is 2.26. The Kier molecular flexibility index (Phi) is 3.79. The van der Waals surface area contributed by atoms with Gasteiger partial charge in [0.05, 0.1) is 6.61 Å². The summed E-state index contributed by atoms with van der Waals surface area (Å²) in [6, 6.07) is 7.77. The molecule has 0 amide bonds. The van der Waals surface area contributed by atoms with Crippen molar-refractivity contribution in [3.63, 3.8) is 0 Å². The van der Waals surface area contributed by atoms with Gasteiger partial charge in [0.1, 0.15) is 6.04 Å². The molecule has 1 aliphatic rings. The number of hydrogen-bond acceptors (Lipinski definition) is 3. The van der Waals surface area contributed by atoms with Crippen molar-refractivity contribution >= 4 is 5.97 Å². The van der Waals surface area contributed by atoms with E-state index in [-0.39, 0.29) is 12.0 Å². The van der Waals surface area contributed by atoms with Gasteiger partial charge in [-0.05, 0) is 23.5 Å². The molecule has 3 nitrogen and oxygen atoms in total. The smallest absolute Gasteiger partial charge is 0.327 e. The van der Waals surface area contributed by atoms with Crippen LogP contribution in [0.1, 0.15) is 31.0 Å². The first kappa shape index (κ1) is 12.1. The molecule has 3 heteroatoms. The van der Waals surface area contributed by atoms with E-state index in [2.05, 4.69) is 11.4 Å². The average molecular weight is 233 g/mol. The molecule has 1 heterocycles. The molecular weight excluding hydrogens is 214 g/mol. The molecule has 0 aromatic heterocycles. The van der Waals surface area contributed by atoms with Crippen LogP contribution in [0.5, 0.6) is 0 Å². The SMILES string of the molecule is CC(C)COC(=O)C1NCCc2ccccc21. The number of benzene rings is 1. The molecule has 0 fully saturated rings. The molecule has 1 atom stereocenters. The number of carbonyl (C=O) groups excluding carboxylic acids is 1. The maximum absolute atomic E-state index is 12.0. The van der Waals surface area contributed by atoms with Gasteiger partial charge in [-0.3, -0.25) is 0 Å². The van der Waals surface area contributed by atoms with Gasteiger partial charge in [-0.25, -0.2) is 4.79 Å². The molecule has 0 saturated carbocycles. The van der Waals surface area contributed by atoms with E-state index in [1.165, 1.54) is 5.56 Å². The number of hydrogen-bond donors (Lipinski definition) is 1. The van der Waals surface area contributed by atoms with Gasteiger partial charge in [0.25, 0.3) is 0 Å². The Morgan fingerprint density at radius 1 is 1.47 bits per heavy atom. The van der Waals surface area contributed by atoms with Crippen molar-refractivity contribution in [2.45, 2.75) is 26.3 Å². The molecule has 0 bridgehead atoms. The summed E-state index contributed by atoms with van der Waals surface area (Å²) in [7, 11) is 0. The van der Waals surface area contributed by atoms with E-state index in [4.69, 9.17) is 4.74 Å². The molecule has 0 radical (unpaired) electrons. The summed E-state index contributed by atoms with van der Waals surface area (Å²) in [6.07, 6.45) is 0.976. The molecule has 1 N–H and O–H groups in total. The van der Waals surface area contributed by atoms with E-state index in [0.717, 1.165) is 18.5 Å². The van der Waals surface area contributed by atoms with Gasteiger partial charge < -0.3 is 10.1 Å². The van der Waals surface area contributed by atoms with E-state index >= 15 is 0 Å². The molecule has 1 aliphatic heterocycles. The van der Waals surface area contributed by atoms with Crippen molar-refractivity contribution in [1.82, 2.24) is 5.32 Å². The van der Waals surface area contributed by atoms with Crippen molar-refractivity contribution < 1.29 is 9.53 Å². The molecule has 17 heavy (non-hydrogen) atoms. The third-order valence-corrected chi connectivity index (χ3v) is 2.90. The lowest BCUT2D eigenvalue weighted by molar-refractivity contribution is -0.147. The zero-order valence-electron chi connectivity index (χ0n) is 10.4. The third-order valence-electron chi connectivity index (χ3n) is 2.90. The molecule has 1 aromatic rings. The second kappa shape index (κ2) is 5.32. The Morgan fingerprint density at radius 2 is 2.24 bits per heavy atom. The Morgan fingerprint density at radius 3 is 3.00 bits per heavy atom. The van der Waals surface area contributed by atoms with Crippen LogP contribution >= 0.6 is 0 Å². The fraction of sp³-hybridized carbons (Fsp3) is 0.500. The van der Waals surface area contributed by atoms with Crippen molar-refractivity contribution in [3.05, 3.63) is 35.4 Å². The first-order chi connectivity index (χ1) is 8.18. The lowest BCUT2D eigenvalue weighted by Gasteiger charge is -2.25. The van der Waals surface area contributed by atoms with Gasteiger partial charge in [0, 0.05) is 6.54 Å². The summed E-state index contributed by atoms with van der Waals surface area (Å²) in [5.41, 5.74) is 2.31. The number of esters is 1. The molecule has 0 aliphatic carbocycles. The van der Waals surface area contributed by atoms with Crippen molar-refractivity contribution in [2.24, 2.45) is 5.92 Å². The topological polar surface area (TPSA) is 38.3 Å². The van der Waals surface area contributed by atoms with Crippen LogP contribution in [-0.4, -0.2) is 19.1 Å². The van der Waals surface area contributed by atoms with Crippen LogP contribution in [0.2, 0.25) is 0 Å². The van der Waals surface area contributed by atoms with Crippen molar-refractivity contribution in [1.29, 1.82) is 0 Å². The fourth-order valence-electron chi connectivity index (χ4n) is 2.05. The number of nitrogens with one attached hydrogen (secondary N) is 1. The Balaban J connectivity index is 2.10. The highest BCUT2D eigenvalue weighted by atomic mass is 16.5. The number of fused-ring (bicyclic) bond motifs is 1. The molecule has 0 saturated heterocycles. The predicted octanol–water partition coefficient (Wildman–Crippen LogP) is 2.07. The minimum absolute atomic E-state index is 0.161. The number of ether oxygens (including phenoxy) is 1. The average Bonchev–Trinajstić information content (AvgIpc) is 2.35.